The first kappa shape index (κ1) is 13.9. The number of amides is 1. The molecule has 1 aromatic carbocycles. The van der Waals surface area contributed by atoms with Crippen molar-refractivity contribution in [1.82, 2.24) is 9.97 Å². The zero-order chi connectivity index (χ0) is 14.7. The highest BCUT2D eigenvalue weighted by molar-refractivity contribution is 6.06. The second-order valence-corrected chi connectivity index (χ2v) is 4.51. The molecule has 2 rings (SSSR count). The summed E-state index contributed by atoms with van der Waals surface area (Å²) in [6, 6.07) is 6.82. The average Bonchev–Trinajstić information content (AvgIpc) is 2.38. The predicted octanol–water partition coefficient (Wildman–Crippen LogP) is 2.55. The molecule has 1 aromatic heterocycles. The highest BCUT2D eigenvalue weighted by Gasteiger charge is 2.14. The highest BCUT2D eigenvalue weighted by atomic mass is 16.1. The van der Waals surface area contributed by atoms with E-state index in [1.165, 1.54) is 13.3 Å². The molecule has 0 aliphatic rings. The van der Waals surface area contributed by atoms with Crippen molar-refractivity contribution in [3.8, 4) is 0 Å². The maximum atomic E-state index is 12.3. The van der Waals surface area contributed by atoms with Gasteiger partial charge in [-0.15, -0.1) is 0 Å². The van der Waals surface area contributed by atoms with Gasteiger partial charge in [-0.3, -0.25) is 9.59 Å². The summed E-state index contributed by atoms with van der Waals surface area (Å²) in [5.41, 5.74) is 2.84. The van der Waals surface area contributed by atoms with Crippen LogP contribution in [0, 0.1) is 13.8 Å². The predicted molar refractivity (Wildman–Crippen MR) is 75.9 cm³/mol. The van der Waals surface area contributed by atoms with Crippen LogP contribution in [-0.2, 0) is 0 Å². The largest absolute Gasteiger partial charge is 0.322 e. The summed E-state index contributed by atoms with van der Waals surface area (Å²) >= 11 is 0. The molecule has 0 spiro atoms. The fourth-order valence-corrected chi connectivity index (χ4v) is 1.93. The first-order valence-electron chi connectivity index (χ1n) is 6.19. The number of Topliss-reactive ketones (excluding diaryl/α,β-unsaturated/α-hetero) is 1. The fourth-order valence-electron chi connectivity index (χ4n) is 1.93. The molecule has 0 fully saturated rings. The van der Waals surface area contributed by atoms with Crippen molar-refractivity contribution in [2.45, 2.75) is 20.8 Å². The van der Waals surface area contributed by atoms with Crippen molar-refractivity contribution in [2.75, 3.05) is 5.32 Å². The number of hydrogen-bond donors (Lipinski definition) is 1. The van der Waals surface area contributed by atoms with Crippen LogP contribution in [0.4, 0.5) is 5.69 Å². The minimum atomic E-state index is -0.277. The van der Waals surface area contributed by atoms with Gasteiger partial charge in [-0.2, -0.15) is 0 Å². The number of anilines is 1. The summed E-state index contributed by atoms with van der Waals surface area (Å²) in [7, 11) is 0. The first-order valence-corrected chi connectivity index (χ1v) is 6.19. The lowest BCUT2D eigenvalue weighted by molar-refractivity contribution is 0.101. The minimum Gasteiger partial charge on any atom is -0.322 e. The second-order valence-electron chi connectivity index (χ2n) is 4.51. The van der Waals surface area contributed by atoms with Crippen LogP contribution in [-0.4, -0.2) is 21.7 Å². The Bertz CT molecular complexity index is 660. The Balaban J connectivity index is 2.28. The van der Waals surface area contributed by atoms with E-state index in [2.05, 4.69) is 15.3 Å². The van der Waals surface area contributed by atoms with Crippen LogP contribution in [0.25, 0.3) is 0 Å². The van der Waals surface area contributed by atoms with Crippen LogP contribution in [0.1, 0.15) is 39.0 Å². The van der Waals surface area contributed by atoms with E-state index >= 15 is 0 Å². The van der Waals surface area contributed by atoms with Crippen molar-refractivity contribution < 1.29 is 9.59 Å². The van der Waals surface area contributed by atoms with Gasteiger partial charge in [0.25, 0.3) is 5.91 Å². The van der Waals surface area contributed by atoms with Gasteiger partial charge in [0, 0.05) is 11.3 Å². The molecule has 102 valence electrons. The minimum absolute atomic E-state index is 0.0449. The van der Waals surface area contributed by atoms with Crippen LogP contribution in [0.2, 0.25) is 0 Å². The number of carbonyl (C=O) groups excluding carboxylic acids is 2. The number of rotatable bonds is 3. The Morgan fingerprint density at radius 3 is 2.35 bits per heavy atom. The standard InChI is InChI=1S/C15H15N3O2/c1-9-14(10(2)17-8-16-9)15(20)18-13-6-4-5-12(7-13)11(3)19/h4-8H,1-3H3,(H,18,20). The number of ketones is 1. The van der Waals surface area contributed by atoms with Gasteiger partial charge >= 0.3 is 0 Å². The van der Waals surface area contributed by atoms with Gasteiger partial charge in [0.15, 0.2) is 5.78 Å². The van der Waals surface area contributed by atoms with Crippen LogP contribution >= 0.6 is 0 Å². The van der Waals surface area contributed by atoms with Gasteiger partial charge in [-0.05, 0) is 32.9 Å². The fraction of sp³-hybridized carbons (Fsp3) is 0.200. The molecule has 0 atom stereocenters. The molecule has 0 aliphatic heterocycles. The molecule has 1 N–H and O–H groups in total. The third-order valence-corrected chi connectivity index (χ3v) is 2.98. The zero-order valence-electron chi connectivity index (χ0n) is 11.6. The Morgan fingerprint density at radius 1 is 1.10 bits per heavy atom. The van der Waals surface area contributed by atoms with E-state index in [0.29, 0.717) is 28.2 Å². The summed E-state index contributed by atoms with van der Waals surface area (Å²) in [6.07, 6.45) is 1.43. The molecule has 5 nitrogen and oxygen atoms in total. The van der Waals surface area contributed by atoms with Gasteiger partial charge in [0.05, 0.1) is 17.0 Å². The lowest BCUT2D eigenvalue weighted by Gasteiger charge is -2.09. The van der Waals surface area contributed by atoms with E-state index in [1.807, 2.05) is 0 Å². The number of benzene rings is 1. The topological polar surface area (TPSA) is 72.0 Å². The summed E-state index contributed by atoms with van der Waals surface area (Å²) in [6.45, 7) is 5.01. The number of nitrogens with one attached hydrogen (secondary N) is 1. The van der Waals surface area contributed by atoms with Gasteiger partial charge in [0.2, 0.25) is 0 Å². The second kappa shape index (κ2) is 5.61. The Kier molecular flexibility index (Phi) is 3.89. The normalized spacial score (nSPS) is 10.2. The van der Waals surface area contributed by atoms with Crippen molar-refractivity contribution in [1.29, 1.82) is 0 Å². The van der Waals surface area contributed by atoms with Crippen molar-refractivity contribution in [3.63, 3.8) is 0 Å². The van der Waals surface area contributed by atoms with Gasteiger partial charge < -0.3 is 5.32 Å². The molecule has 2 aromatic rings. The Hall–Kier alpha value is -2.56. The van der Waals surface area contributed by atoms with E-state index in [1.54, 1.807) is 38.1 Å². The summed E-state index contributed by atoms with van der Waals surface area (Å²) < 4.78 is 0. The number of carbonyl (C=O) groups is 2. The van der Waals surface area contributed by atoms with Crippen molar-refractivity contribution in [2.24, 2.45) is 0 Å². The summed E-state index contributed by atoms with van der Waals surface area (Å²) in [5.74, 6) is -0.321. The first-order chi connectivity index (χ1) is 9.49. The van der Waals surface area contributed by atoms with Gasteiger partial charge in [-0.25, -0.2) is 9.97 Å². The van der Waals surface area contributed by atoms with Crippen molar-refractivity contribution in [3.05, 3.63) is 53.1 Å². The monoisotopic (exact) mass is 269 g/mol. The number of nitrogens with zero attached hydrogens (tertiary/aromatic N) is 2. The Labute approximate surface area is 117 Å². The molecule has 1 heterocycles. The third kappa shape index (κ3) is 2.88. The van der Waals surface area contributed by atoms with E-state index in [9.17, 15) is 9.59 Å². The molecule has 0 aliphatic carbocycles. The molecular formula is C15H15N3O2. The molecule has 0 bridgehead atoms. The van der Waals surface area contributed by atoms with Crippen molar-refractivity contribution >= 4 is 17.4 Å². The third-order valence-electron chi connectivity index (χ3n) is 2.98. The number of aryl methyl sites for hydroxylation is 2. The highest BCUT2D eigenvalue weighted by Crippen LogP contribution is 2.15. The zero-order valence-corrected chi connectivity index (χ0v) is 11.6. The Morgan fingerprint density at radius 2 is 1.75 bits per heavy atom. The quantitative estimate of drug-likeness (QED) is 0.869. The lowest BCUT2D eigenvalue weighted by Crippen LogP contribution is -2.16. The molecule has 0 saturated heterocycles. The van der Waals surface area contributed by atoms with E-state index in [0.717, 1.165) is 0 Å². The maximum Gasteiger partial charge on any atom is 0.259 e. The van der Waals surface area contributed by atoms with Crippen LogP contribution in [0.3, 0.4) is 0 Å². The lowest BCUT2D eigenvalue weighted by atomic mass is 10.1. The molecule has 1 amide bonds. The summed E-state index contributed by atoms with van der Waals surface area (Å²) in [4.78, 5) is 31.6. The van der Waals surface area contributed by atoms with Crippen LogP contribution < -0.4 is 5.32 Å². The molecule has 0 saturated carbocycles. The van der Waals surface area contributed by atoms with Crippen LogP contribution in [0.15, 0.2) is 30.6 Å². The van der Waals surface area contributed by atoms with E-state index in [-0.39, 0.29) is 11.7 Å². The molecule has 5 heteroatoms. The average molecular weight is 269 g/mol. The molecule has 0 radical (unpaired) electrons. The molecule has 0 unspecified atom stereocenters. The smallest absolute Gasteiger partial charge is 0.259 e. The SMILES string of the molecule is CC(=O)c1cccc(NC(=O)c2c(C)ncnc2C)c1. The molecular weight excluding hydrogens is 254 g/mol. The van der Waals surface area contributed by atoms with Crippen LogP contribution in [0.5, 0.6) is 0 Å². The van der Waals surface area contributed by atoms with Gasteiger partial charge in [0.1, 0.15) is 6.33 Å². The number of aromatic nitrogens is 2. The summed E-state index contributed by atoms with van der Waals surface area (Å²) in [5, 5.41) is 2.76. The van der Waals surface area contributed by atoms with E-state index < -0.39 is 0 Å². The molecule has 20 heavy (non-hydrogen) atoms. The maximum absolute atomic E-state index is 12.3. The van der Waals surface area contributed by atoms with Gasteiger partial charge in [-0.1, -0.05) is 12.1 Å². The number of hydrogen-bond acceptors (Lipinski definition) is 4. The van der Waals surface area contributed by atoms with E-state index in [4.69, 9.17) is 0 Å².